The summed E-state index contributed by atoms with van der Waals surface area (Å²) in [6.07, 6.45) is 4.68. The molecule has 88 valence electrons. The molecule has 17 heavy (non-hydrogen) atoms. The van der Waals surface area contributed by atoms with Gasteiger partial charge in [0, 0.05) is 24.4 Å². The second-order valence-electron chi connectivity index (χ2n) is 3.94. The van der Waals surface area contributed by atoms with Gasteiger partial charge in [0.05, 0.1) is 12.3 Å². The summed E-state index contributed by atoms with van der Waals surface area (Å²) in [6.45, 7) is 3.03. The molecule has 0 saturated heterocycles. The van der Waals surface area contributed by atoms with Crippen LogP contribution >= 0.6 is 0 Å². The lowest BCUT2D eigenvalue weighted by atomic mass is 10.1. The maximum absolute atomic E-state index is 5.61. The molecule has 0 spiro atoms. The number of rotatable bonds is 2. The van der Waals surface area contributed by atoms with Crippen molar-refractivity contribution >= 4 is 0 Å². The summed E-state index contributed by atoms with van der Waals surface area (Å²) in [5.41, 5.74) is 2.13. The monoisotopic (exact) mass is 230 g/mol. The van der Waals surface area contributed by atoms with Crippen LogP contribution in [0.25, 0.3) is 5.69 Å². The molecule has 1 aromatic carbocycles. The van der Waals surface area contributed by atoms with Gasteiger partial charge in [0.15, 0.2) is 12.5 Å². The van der Waals surface area contributed by atoms with Crippen LogP contribution in [0.15, 0.2) is 30.6 Å². The van der Waals surface area contributed by atoms with E-state index in [9.17, 15) is 0 Å². The van der Waals surface area contributed by atoms with Gasteiger partial charge < -0.3 is 14.0 Å². The molecule has 4 heteroatoms. The van der Waals surface area contributed by atoms with Crippen molar-refractivity contribution in [1.29, 1.82) is 0 Å². The molecular weight excluding hydrogens is 216 g/mol. The first kappa shape index (κ1) is 10.4. The molecule has 0 atom stereocenters. The summed E-state index contributed by atoms with van der Waals surface area (Å²) in [5, 5.41) is 0. The normalized spacial score (nSPS) is 14.2. The largest absolute Gasteiger partial charge is 0.465 e. The zero-order valence-electron chi connectivity index (χ0n) is 9.72. The van der Waals surface area contributed by atoms with Crippen LogP contribution in [-0.2, 0) is 17.8 Å². The van der Waals surface area contributed by atoms with Gasteiger partial charge in [-0.3, -0.25) is 0 Å². The Kier molecular flexibility index (Phi) is 2.57. The van der Waals surface area contributed by atoms with Crippen molar-refractivity contribution in [2.75, 3.05) is 6.79 Å². The van der Waals surface area contributed by atoms with Gasteiger partial charge in [-0.05, 0) is 6.07 Å². The van der Waals surface area contributed by atoms with Crippen LogP contribution in [0.1, 0.15) is 18.3 Å². The van der Waals surface area contributed by atoms with E-state index in [1.54, 1.807) is 0 Å². The van der Waals surface area contributed by atoms with E-state index in [0.717, 1.165) is 29.2 Å². The molecule has 1 aliphatic rings. The Labute approximate surface area is 99.8 Å². The molecule has 2 aromatic rings. The third kappa shape index (κ3) is 1.70. The molecule has 2 heterocycles. The van der Waals surface area contributed by atoms with Gasteiger partial charge >= 0.3 is 0 Å². The van der Waals surface area contributed by atoms with Crippen LogP contribution in [0.4, 0.5) is 0 Å². The van der Waals surface area contributed by atoms with Crippen molar-refractivity contribution in [2.24, 2.45) is 0 Å². The highest BCUT2D eigenvalue weighted by Gasteiger charge is 2.16. The Hall–Kier alpha value is -1.81. The molecule has 0 unspecified atom stereocenters. The van der Waals surface area contributed by atoms with Crippen molar-refractivity contribution in [3.63, 3.8) is 0 Å². The van der Waals surface area contributed by atoms with Gasteiger partial charge in [-0.15, -0.1) is 0 Å². The fraction of sp³-hybridized carbons (Fsp3) is 0.308. The van der Waals surface area contributed by atoms with Gasteiger partial charge in [0.1, 0.15) is 5.82 Å². The van der Waals surface area contributed by atoms with Crippen LogP contribution < -0.4 is 4.74 Å². The highest BCUT2D eigenvalue weighted by atomic mass is 16.7. The van der Waals surface area contributed by atoms with Crippen LogP contribution in [0.2, 0.25) is 0 Å². The van der Waals surface area contributed by atoms with Gasteiger partial charge in [0.25, 0.3) is 0 Å². The lowest BCUT2D eigenvalue weighted by molar-refractivity contribution is -0.0163. The van der Waals surface area contributed by atoms with E-state index in [1.807, 2.05) is 30.6 Å². The fourth-order valence-electron chi connectivity index (χ4n) is 2.11. The second-order valence-corrected chi connectivity index (χ2v) is 3.94. The molecule has 0 fully saturated rings. The Morgan fingerprint density at radius 1 is 1.41 bits per heavy atom. The zero-order valence-corrected chi connectivity index (χ0v) is 9.72. The number of aromatic nitrogens is 2. The van der Waals surface area contributed by atoms with Crippen molar-refractivity contribution in [3.8, 4) is 11.4 Å². The minimum Gasteiger partial charge on any atom is -0.465 e. The third-order valence-corrected chi connectivity index (χ3v) is 2.91. The smallest absolute Gasteiger partial charge is 0.189 e. The number of fused-ring (bicyclic) bond motifs is 1. The van der Waals surface area contributed by atoms with E-state index in [1.165, 1.54) is 0 Å². The van der Waals surface area contributed by atoms with Crippen LogP contribution in [-0.4, -0.2) is 16.3 Å². The number of ether oxygens (including phenoxy) is 2. The number of aryl methyl sites for hydroxylation is 1. The van der Waals surface area contributed by atoms with E-state index in [0.29, 0.717) is 13.4 Å². The quantitative estimate of drug-likeness (QED) is 0.794. The van der Waals surface area contributed by atoms with E-state index in [4.69, 9.17) is 9.47 Å². The summed E-state index contributed by atoms with van der Waals surface area (Å²) in [6, 6.07) is 6.09. The first-order valence-corrected chi connectivity index (χ1v) is 5.75. The lowest BCUT2D eigenvalue weighted by Crippen LogP contribution is -2.14. The molecule has 1 aromatic heterocycles. The Morgan fingerprint density at radius 3 is 3.24 bits per heavy atom. The van der Waals surface area contributed by atoms with Crippen molar-refractivity contribution in [3.05, 3.63) is 42.0 Å². The predicted molar refractivity (Wildman–Crippen MR) is 63.2 cm³/mol. The fourth-order valence-corrected chi connectivity index (χ4v) is 2.11. The number of imidazole rings is 1. The Balaban J connectivity index is 2.14. The SMILES string of the molecule is CCc1nccn1-c1cccc2c1OCOC2. The average molecular weight is 230 g/mol. The van der Waals surface area contributed by atoms with E-state index in [-0.39, 0.29) is 0 Å². The van der Waals surface area contributed by atoms with Crippen LogP contribution in [0, 0.1) is 0 Å². The van der Waals surface area contributed by atoms with Crippen molar-refractivity contribution in [2.45, 2.75) is 20.0 Å². The molecule has 0 N–H and O–H groups in total. The van der Waals surface area contributed by atoms with Gasteiger partial charge in [0.2, 0.25) is 0 Å². The Bertz CT molecular complexity index is 534. The number of nitrogens with zero attached hydrogens (tertiary/aromatic N) is 2. The van der Waals surface area contributed by atoms with E-state index >= 15 is 0 Å². The summed E-state index contributed by atoms with van der Waals surface area (Å²) >= 11 is 0. The minimum atomic E-state index is 0.320. The maximum atomic E-state index is 5.61. The van der Waals surface area contributed by atoms with Crippen molar-refractivity contribution in [1.82, 2.24) is 9.55 Å². The van der Waals surface area contributed by atoms with Gasteiger partial charge in [-0.1, -0.05) is 19.1 Å². The molecule has 0 bridgehead atoms. The summed E-state index contributed by atoms with van der Waals surface area (Å²) in [4.78, 5) is 4.34. The molecular formula is C13H14N2O2. The zero-order chi connectivity index (χ0) is 11.7. The van der Waals surface area contributed by atoms with Crippen LogP contribution in [0.5, 0.6) is 5.75 Å². The first-order chi connectivity index (χ1) is 8.40. The maximum Gasteiger partial charge on any atom is 0.189 e. The minimum absolute atomic E-state index is 0.320. The average Bonchev–Trinajstić information content (AvgIpc) is 2.86. The standard InChI is InChI=1S/C13H14N2O2/c1-2-12-14-6-7-15(12)11-5-3-4-10-8-16-9-17-13(10)11/h3-7H,2,8-9H2,1H3. The lowest BCUT2D eigenvalue weighted by Gasteiger charge is -2.21. The molecule has 0 saturated carbocycles. The third-order valence-electron chi connectivity index (χ3n) is 2.91. The number of benzene rings is 1. The molecule has 3 rings (SSSR count). The molecule has 0 aliphatic carbocycles. The Morgan fingerprint density at radius 2 is 2.35 bits per heavy atom. The van der Waals surface area contributed by atoms with Gasteiger partial charge in [-0.25, -0.2) is 4.98 Å². The summed E-state index contributed by atoms with van der Waals surface area (Å²) < 4.78 is 13.0. The van der Waals surface area contributed by atoms with Crippen molar-refractivity contribution < 1.29 is 9.47 Å². The second kappa shape index (κ2) is 4.22. The molecule has 0 amide bonds. The molecule has 1 aliphatic heterocycles. The van der Waals surface area contributed by atoms with E-state index in [2.05, 4.69) is 16.5 Å². The highest BCUT2D eigenvalue weighted by molar-refractivity contribution is 5.52. The molecule has 4 nitrogen and oxygen atoms in total. The summed E-state index contributed by atoms with van der Waals surface area (Å²) in [7, 11) is 0. The number of para-hydroxylation sites is 1. The number of hydrogen-bond donors (Lipinski definition) is 0. The first-order valence-electron chi connectivity index (χ1n) is 5.75. The molecule has 0 radical (unpaired) electrons. The highest BCUT2D eigenvalue weighted by Crippen LogP contribution is 2.31. The van der Waals surface area contributed by atoms with Crippen LogP contribution in [0.3, 0.4) is 0 Å². The number of hydrogen-bond acceptors (Lipinski definition) is 3. The van der Waals surface area contributed by atoms with Gasteiger partial charge in [-0.2, -0.15) is 0 Å². The topological polar surface area (TPSA) is 36.3 Å². The predicted octanol–water partition coefficient (Wildman–Crippen LogP) is 2.30. The summed E-state index contributed by atoms with van der Waals surface area (Å²) in [5.74, 6) is 1.94. The van der Waals surface area contributed by atoms with E-state index < -0.39 is 0 Å².